The highest BCUT2D eigenvalue weighted by atomic mass is 79.9. The summed E-state index contributed by atoms with van der Waals surface area (Å²) >= 11 is 3.24. The van der Waals surface area contributed by atoms with Crippen LogP contribution in [0.15, 0.2) is 46.0 Å². The number of hydrogen-bond acceptors (Lipinski definition) is 3. The fourth-order valence-corrected chi connectivity index (χ4v) is 2.42. The van der Waals surface area contributed by atoms with Crippen molar-refractivity contribution in [1.82, 2.24) is 5.43 Å². The van der Waals surface area contributed by atoms with Crippen molar-refractivity contribution in [2.75, 3.05) is 0 Å². The summed E-state index contributed by atoms with van der Waals surface area (Å²) in [5.74, 6) is -0.358. The summed E-state index contributed by atoms with van der Waals surface area (Å²) in [6.07, 6.45) is 1.36. The second kappa shape index (κ2) is 7.17. The quantitative estimate of drug-likeness (QED) is 0.641. The normalized spacial score (nSPS) is 10.9. The van der Waals surface area contributed by atoms with Crippen LogP contribution in [0.1, 0.15) is 27.0 Å². The molecule has 2 aromatic rings. The Balaban J connectivity index is 2.07. The van der Waals surface area contributed by atoms with Gasteiger partial charge in [-0.1, -0.05) is 12.1 Å². The summed E-state index contributed by atoms with van der Waals surface area (Å²) in [7, 11) is 0. The van der Waals surface area contributed by atoms with E-state index in [1.54, 1.807) is 24.3 Å². The van der Waals surface area contributed by atoms with Gasteiger partial charge in [0.1, 0.15) is 12.4 Å². The Labute approximate surface area is 135 Å². The molecule has 0 radical (unpaired) electrons. The fourth-order valence-electron chi connectivity index (χ4n) is 1.83. The summed E-state index contributed by atoms with van der Waals surface area (Å²) in [5.41, 5.74) is 4.68. The molecule has 0 saturated carbocycles. The number of carbonyl (C=O) groups is 1. The van der Waals surface area contributed by atoms with Crippen LogP contribution in [0.2, 0.25) is 0 Å². The molecule has 0 bridgehead atoms. The number of rotatable bonds is 4. The highest BCUT2D eigenvalue weighted by Crippen LogP contribution is 2.28. The van der Waals surface area contributed by atoms with Gasteiger partial charge in [-0.3, -0.25) is 4.79 Å². The molecule has 0 aliphatic rings. The highest BCUT2D eigenvalue weighted by molar-refractivity contribution is 9.10. The third-order valence-corrected chi connectivity index (χ3v) is 3.58. The van der Waals surface area contributed by atoms with E-state index in [4.69, 9.17) is 0 Å². The number of alkyl halides is 1. The zero-order valence-corrected chi connectivity index (χ0v) is 13.4. The van der Waals surface area contributed by atoms with Crippen molar-refractivity contribution in [1.29, 1.82) is 0 Å². The molecule has 2 aromatic carbocycles. The smallest absolute Gasteiger partial charge is 0.271 e. The molecule has 0 heterocycles. The lowest BCUT2D eigenvalue weighted by atomic mass is 10.1. The van der Waals surface area contributed by atoms with Crippen molar-refractivity contribution in [3.05, 3.63) is 63.1 Å². The number of hydrazone groups is 1. The molecular formula is C16H14BrFN2O2. The van der Waals surface area contributed by atoms with Crippen LogP contribution in [0.4, 0.5) is 4.39 Å². The van der Waals surface area contributed by atoms with Gasteiger partial charge in [-0.05, 0) is 58.2 Å². The number of nitrogens with zero attached hydrogens (tertiary/aromatic N) is 1. The lowest BCUT2D eigenvalue weighted by Crippen LogP contribution is -2.17. The van der Waals surface area contributed by atoms with E-state index >= 15 is 0 Å². The van der Waals surface area contributed by atoms with E-state index in [2.05, 4.69) is 26.5 Å². The predicted molar refractivity (Wildman–Crippen MR) is 86.9 cm³/mol. The molecule has 0 saturated heterocycles. The van der Waals surface area contributed by atoms with Crippen molar-refractivity contribution in [2.24, 2.45) is 5.10 Å². The zero-order chi connectivity index (χ0) is 16.1. The molecule has 114 valence electrons. The highest BCUT2D eigenvalue weighted by Gasteiger charge is 2.06. The first-order valence-electron chi connectivity index (χ1n) is 6.48. The predicted octanol–water partition coefficient (Wildman–Crippen LogP) is 3.70. The molecule has 0 unspecified atom stereocenters. The minimum Gasteiger partial charge on any atom is -0.506 e. The number of aromatic hydroxyl groups is 1. The lowest BCUT2D eigenvalue weighted by molar-refractivity contribution is 0.0955. The van der Waals surface area contributed by atoms with E-state index < -0.39 is 12.6 Å². The van der Waals surface area contributed by atoms with Crippen LogP contribution in [0.5, 0.6) is 5.75 Å². The Morgan fingerprint density at radius 1 is 1.36 bits per heavy atom. The average Bonchev–Trinajstić information content (AvgIpc) is 2.51. The van der Waals surface area contributed by atoms with Gasteiger partial charge in [0.15, 0.2) is 0 Å². The number of hydrogen-bond donors (Lipinski definition) is 2. The summed E-state index contributed by atoms with van der Waals surface area (Å²) in [4.78, 5) is 11.9. The van der Waals surface area contributed by atoms with Crippen LogP contribution in [0.25, 0.3) is 0 Å². The molecule has 0 fully saturated rings. The van der Waals surface area contributed by atoms with Gasteiger partial charge in [-0.15, -0.1) is 0 Å². The van der Waals surface area contributed by atoms with E-state index in [9.17, 15) is 14.3 Å². The number of aryl methyl sites for hydroxylation is 1. The number of phenolic OH excluding ortho intramolecular Hbond substituents is 1. The minimum atomic E-state index is -0.568. The number of halogens is 2. The second-order valence-electron chi connectivity index (χ2n) is 4.71. The summed E-state index contributed by atoms with van der Waals surface area (Å²) < 4.78 is 13.0. The Morgan fingerprint density at radius 3 is 2.68 bits per heavy atom. The van der Waals surface area contributed by atoms with Gasteiger partial charge >= 0.3 is 0 Å². The molecule has 0 atom stereocenters. The van der Waals surface area contributed by atoms with E-state index in [0.717, 1.165) is 5.56 Å². The van der Waals surface area contributed by atoms with Crippen LogP contribution in [-0.4, -0.2) is 17.2 Å². The standard InChI is InChI=1S/C16H14BrFN2O2/c1-10-6-13(15(21)14(17)7-10)9-19-20-16(22)12-4-2-11(8-18)3-5-12/h2-7,9,21H,8H2,1H3,(H,20,22)/b19-9+. The van der Waals surface area contributed by atoms with E-state index in [-0.39, 0.29) is 5.75 Å². The van der Waals surface area contributed by atoms with Crippen molar-refractivity contribution < 1.29 is 14.3 Å². The first-order chi connectivity index (χ1) is 10.5. The molecule has 4 nitrogen and oxygen atoms in total. The Bertz CT molecular complexity index is 715. The lowest BCUT2D eigenvalue weighted by Gasteiger charge is -2.04. The van der Waals surface area contributed by atoms with Gasteiger partial charge in [-0.2, -0.15) is 5.10 Å². The maximum absolute atomic E-state index is 12.4. The van der Waals surface area contributed by atoms with Crippen LogP contribution in [0, 0.1) is 6.92 Å². The van der Waals surface area contributed by atoms with E-state index in [1.165, 1.54) is 18.3 Å². The monoisotopic (exact) mass is 364 g/mol. The third-order valence-electron chi connectivity index (χ3n) is 2.98. The maximum atomic E-state index is 12.4. The average molecular weight is 365 g/mol. The number of phenols is 1. The molecule has 2 rings (SSSR count). The maximum Gasteiger partial charge on any atom is 0.271 e. The molecule has 0 aliphatic heterocycles. The second-order valence-corrected chi connectivity index (χ2v) is 5.57. The minimum absolute atomic E-state index is 0.0518. The van der Waals surface area contributed by atoms with Crippen molar-refractivity contribution in [3.8, 4) is 5.75 Å². The molecule has 0 aromatic heterocycles. The van der Waals surface area contributed by atoms with E-state index in [1.807, 2.05) is 6.92 Å². The van der Waals surface area contributed by atoms with Crippen molar-refractivity contribution in [2.45, 2.75) is 13.6 Å². The molecule has 1 amide bonds. The number of nitrogens with one attached hydrogen (secondary N) is 1. The fraction of sp³-hybridized carbons (Fsp3) is 0.125. The molecular weight excluding hydrogens is 351 g/mol. The van der Waals surface area contributed by atoms with Crippen LogP contribution in [-0.2, 0) is 6.67 Å². The Hall–Kier alpha value is -2.21. The van der Waals surface area contributed by atoms with E-state index in [0.29, 0.717) is 21.2 Å². The van der Waals surface area contributed by atoms with Gasteiger partial charge < -0.3 is 5.11 Å². The SMILES string of the molecule is Cc1cc(Br)c(O)c(/C=N/NC(=O)c2ccc(CF)cc2)c1. The molecule has 6 heteroatoms. The van der Waals surface area contributed by atoms with Crippen LogP contribution >= 0.6 is 15.9 Å². The van der Waals surface area contributed by atoms with Gasteiger partial charge in [0.25, 0.3) is 5.91 Å². The first-order valence-corrected chi connectivity index (χ1v) is 7.28. The van der Waals surface area contributed by atoms with Gasteiger partial charge in [0.2, 0.25) is 0 Å². The topological polar surface area (TPSA) is 61.7 Å². The van der Waals surface area contributed by atoms with Crippen LogP contribution in [0.3, 0.4) is 0 Å². The van der Waals surface area contributed by atoms with Crippen molar-refractivity contribution >= 4 is 28.1 Å². The number of benzene rings is 2. The molecule has 0 aliphatic carbocycles. The largest absolute Gasteiger partial charge is 0.506 e. The summed E-state index contributed by atoms with van der Waals surface area (Å²) in [6, 6.07) is 9.66. The number of carbonyl (C=O) groups excluding carboxylic acids is 1. The summed E-state index contributed by atoms with van der Waals surface area (Å²) in [6.45, 7) is 1.31. The van der Waals surface area contributed by atoms with Crippen LogP contribution < -0.4 is 5.43 Å². The summed E-state index contributed by atoms with van der Waals surface area (Å²) in [5, 5.41) is 13.7. The third kappa shape index (κ3) is 3.92. The van der Waals surface area contributed by atoms with Gasteiger partial charge in [0, 0.05) is 11.1 Å². The number of amides is 1. The Morgan fingerprint density at radius 2 is 2.05 bits per heavy atom. The van der Waals surface area contributed by atoms with Gasteiger partial charge in [-0.25, -0.2) is 9.82 Å². The Kier molecular flexibility index (Phi) is 5.27. The first kappa shape index (κ1) is 16.2. The molecule has 2 N–H and O–H groups in total. The zero-order valence-electron chi connectivity index (χ0n) is 11.8. The van der Waals surface area contributed by atoms with Gasteiger partial charge in [0.05, 0.1) is 10.7 Å². The molecule has 22 heavy (non-hydrogen) atoms. The molecule has 0 spiro atoms. The van der Waals surface area contributed by atoms with Crippen molar-refractivity contribution in [3.63, 3.8) is 0 Å².